The highest BCUT2D eigenvalue weighted by molar-refractivity contribution is 9.10. The van der Waals surface area contributed by atoms with Crippen molar-refractivity contribution >= 4 is 34.0 Å². The first-order chi connectivity index (χ1) is 12.0. The van der Waals surface area contributed by atoms with Crippen LogP contribution in [0.2, 0.25) is 0 Å². The number of ether oxygens (including phenoxy) is 2. The predicted molar refractivity (Wildman–Crippen MR) is 96.9 cm³/mol. The summed E-state index contributed by atoms with van der Waals surface area (Å²) >= 11 is 3.31. The van der Waals surface area contributed by atoms with Gasteiger partial charge in [-0.1, -0.05) is 15.9 Å². The first-order valence-electron chi connectivity index (χ1n) is 7.17. The van der Waals surface area contributed by atoms with E-state index in [1.807, 2.05) is 0 Å². The second-order valence-electron chi connectivity index (χ2n) is 4.87. The number of methoxy groups -OCH3 is 1. The Hall–Kier alpha value is -2.87. The Bertz CT molecular complexity index is 791. The molecule has 0 aliphatic carbocycles. The summed E-state index contributed by atoms with van der Waals surface area (Å²) in [7, 11) is 1.49. The molecule has 2 aromatic carbocycles. The van der Waals surface area contributed by atoms with Crippen LogP contribution in [0.5, 0.6) is 11.5 Å². The fourth-order valence-electron chi connectivity index (χ4n) is 1.89. The zero-order valence-electron chi connectivity index (χ0n) is 13.4. The van der Waals surface area contributed by atoms with Crippen molar-refractivity contribution in [3.05, 3.63) is 58.1 Å². The third kappa shape index (κ3) is 5.61. The van der Waals surface area contributed by atoms with E-state index in [0.717, 1.165) is 10.0 Å². The number of amides is 2. The van der Waals surface area contributed by atoms with E-state index in [-0.39, 0.29) is 6.61 Å². The third-order valence-electron chi connectivity index (χ3n) is 3.05. The lowest BCUT2D eigenvalue weighted by atomic mass is 10.2. The molecule has 0 aromatic heterocycles. The van der Waals surface area contributed by atoms with Crippen molar-refractivity contribution in [3.63, 3.8) is 0 Å². The van der Waals surface area contributed by atoms with Crippen molar-refractivity contribution in [1.82, 2.24) is 5.43 Å². The third-order valence-corrected chi connectivity index (χ3v) is 3.54. The number of primary amides is 1. The molecule has 0 heterocycles. The van der Waals surface area contributed by atoms with Gasteiger partial charge in [-0.2, -0.15) is 5.10 Å². The molecule has 2 rings (SSSR count). The highest BCUT2D eigenvalue weighted by atomic mass is 79.9. The molecule has 0 spiro atoms. The van der Waals surface area contributed by atoms with Gasteiger partial charge in [-0.15, -0.1) is 0 Å². The van der Waals surface area contributed by atoms with Crippen LogP contribution in [-0.4, -0.2) is 31.7 Å². The molecule has 0 radical (unpaired) electrons. The van der Waals surface area contributed by atoms with Crippen LogP contribution in [0.3, 0.4) is 0 Å². The molecule has 7 nitrogen and oxygen atoms in total. The summed E-state index contributed by atoms with van der Waals surface area (Å²) < 4.78 is 11.1. The van der Waals surface area contributed by atoms with Crippen LogP contribution in [0.4, 0.5) is 0 Å². The van der Waals surface area contributed by atoms with Crippen LogP contribution < -0.4 is 20.6 Å². The molecule has 0 fully saturated rings. The van der Waals surface area contributed by atoms with E-state index in [1.54, 1.807) is 42.5 Å². The highest BCUT2D eigenvalue weighted by Crippen LogP contribution is 2.22. The number of nitrogens with zero attached hydrogens (tertiary/aromatic N) is 1. The van der Waals surface area contributed by atoms with Crippen LogP contribution in [0.15, 0.2) is 52.0 Å². The number of hydrazone groups is 1. The van der Waals surface area contributed by atoms with E-state index in [2.05, 4.69) is 26.5 Å². The van der Waals surface area contributed by atoms with Crippen molar-refractivity contribution in [2.75, 3.05) is 13.7 Å². The number of nitrogens with two attached hydrogens (primary N) is 1. The standard InChI is InChI=1S/C17H16BrN3O4/c1-24-15-7-4-12(18)8-14(15)17(23)21-20-9-11-2-5-13(6-3-11)25-10-16(19)22/h2-9H,10H2,1H3,(H2,19,22)(H,21,23). The molecule has 2 amide bonds. The van der Waals surface area contributed by atoms with Gasteiger partial charge in [0.15, 0.2) is 6.61 Å². The van der Waals surface area contributed by atoms with Gasteiger partial charge in [0.2, 0.25) is 0 Å². The molecule has 25 heavy (non-hydrogen) atoms. The Kier molecular flexibility index (Phi) is 6.53. The van der Waals surface area contributed by atoms with E-state index >= 15 is 0 Å². The van der Waals surface area contributed by atoms with Crippen LogP contribution in [-0.2, 0) is 4.79 Å². The SMILES string of the molecule is COc1ccc(Br)cc1C(=O)NN=Cc1ccc(OCC(N)=O)cc1. The summed E-state index contributed by atoms with van der Waals surface area (Å²) in [6, 6.07) is 11.9. The predicted octanol–water partition coefficient (Wildman–Crippen LogP) is 2.09. The summed E-state index contributed by atoms with van der Waals surface area (Å²) in [6.07, 6.45) is 1.49. The number of hydrogen-bond acceptors (Lipinski definition) is 5. The molecule has 130 valence electrons. The Balaban J connectivity index is 1.97. The van der Waals surface area contributed by atoms with E-state index in [1.165, 1.54) is 13.3 Å². The quantitative estimate of drug-likeness (QED) is 0.543. The Morgan fingerprint density at radius 3 is 2.60 bits per heavy atom. The molecule has 0 saturated carbocycles. The molecule has 0 aliphatic rings. The minimum Gasteiger partial charge on any atom is -0.496 e. The van der Waals surface area contributed by atoms with Crippen LogP contribution in [0.25, 0.3) is 0 Å². The number of rotatable bonds is 7. The molecule has 0 aliphatic heterocycles. The van der Waals surface area contributed by atoms with Crippen LogP contribution in [0, 0.1) is 0 Å². The monoisotopic (exact) mass is 405 g/mol. The van der Waals surface area contributed by atoms with E-state index < -0.39 is 11.8 Å². The Labute approximate surface area is 152 Å². The number of carbonyl (C=O) groups excluding carboxylic acids is 2. The molecular weight excluding hydrogens is 390 g/mol. The first kappa shape index (κ1) is 18.5. The number of nitrogens with one attached hydrogen (secondary N) is 1. The normalized spacial score (nSPS) is 10.5. The largest absolute Gasteiger partial charge is 0.496 e. The minimum atomic E-state index is -0.545. The number of halogens is 1. The average molecular weight is 406 g/mol. The van der Waals surface area contributed by atoms with E-state index in [9.17, 15) is 9.59 Å². The second kappa shape index (κ2) is 8.84. The Morgan fingerprint density at radius 2 is 1.96 bits per heavy atom. The summed E-state index contributed by atoms with van der Waals surface area (Å²) in [4.78, 5) is 22.8. The molecular formula is C17H16BrN3O4. The van der Waals surface area contributed by atoms with Gasteiger partial charge in [0, 0.05) is 4.47 Å². The zero-order chi connectivity index (χ0) is 18.2. The maximum atomic E-state index is 12.2. The number of benzene rings is 2. The highest BCUT2D eigenvalue weighted by Gasteiger charge is 2.11. The van der Waals surface area contributed by atoms with Gasteiger partial charge in [0.1, 0.15) is 11.5 Å². The summed E-state index contributed by atoms with van der Waals surface area (Å²) in [5.74, 6) is 0.0258. The average Bonchev–Trinajstić information content (AvgIpc) is 2.60. The van der Waals surface area contributed by atoms with Crippen molar-refractivity contribution in [3.8, 4) is 11.5 Å². The van der Waals surface area contributed by atoms with E-state index in [0.29, 0.717) is 17.1 Å². The fourth-order valence-corrected chi connectivity index (χ4v) is 2.25. The van der Waals surface area contributed by atoms with Gasteiger partial charge >= 0.3 is 0 Å². The molecule has 0 bridgehead atoms. The van der Waals surface area contributed by atoms with E-state index in [4.69, 9.17) is 15.2 Å². The molecule has 0 atom stereocenters. The van der Waals surface area contributed by atoms with Crippen molar-refractivity contribution < 1.29 is 19.1 Å². The molecule has 0 saturated heterocycles. The zero-order valence-corrected chi connectivity index (χ0v) is 14.9. The summed E-state index contributed by atoms with van der Waals surface area (Å²) in [6.45, 7) is -0.183. The summed E-state index contributed by atoms with van der Waals surface area (Å²) in [5.41, 5.74) is 8.55. The Morgan fingerprint density at radius 1 is 1.24 bits per heavy atom. The first-order valence-corrected chi connectivity index (χ1v) is 7.97. The lowest BCUT2D eigenvalue weighted by Gasteiger charge is -2.07. The molecule has 2 aromatic rings. The van der Waals surface area contributed by atoms with Gasteiger partial charge in [-0.05, 0) is 48.0 Å². The van der Waals surface area contributed by atoms with Gasteiger partial charge in [-0.25, -0.2) is 5.43 Å². The number of carbonyl (C=O) groups is 2. The fraction of sp³-hybridized carbons (Fsp3) is 0.118. The van der Waals surface area contributed by atoms with Crippen molar-refractivity contribution in [2.45, 2.75) is 0 Å². The van der Waals surface area contributed by atoms with Gasteiger partial charge in [-0.3, -0.25) is 9.59 Å². The smallest absolute Gasteiger partial charge is 0.275 e. The lowest BCUT2D eigenvalue weighted by Crippen LogP contribution is -2.20. The van der Waals surface area contributed by atoms with Crippen molar-refractivity contribution in [1.29, 1.82) is 0 Å². The topological polar surface area (TPSA) is 103 Å². The van der Waals surface area contributed by atoms with Gasteiger partial charge in [0.05, 0.1) is 18.9 Å². The molecule has 8 heteroatoms. The maximum Gasteiger partial charge on any atom is 0.275 e. The summed E-state index contributed by atoms with van der Waals surface area (Å²) in [5, 5.41) is 3.92. The van der Waals surface area contributed by atoms with Crippen molar-refractivity contribution in [2.24, 2.45) is 10.8 Å². The maximum absolute atomic E-state index is 12.2. The van der Waals surface area contributed by atoms with Gasteiger partial charge < -0.3 is 15.2 Å². The van der Waals surface area contributed by atoms with Gasteiger partial charge in [0.25, 0.3) is 11.8 Å². The second-order valence-corrected chi connectivity index (χ2v) is 5.78. The van der Waals surface area contributed by atoms with Crippen LogP contribution >= 0.6 is 15.9 Å². The molecule has 3 N–H and O–H groups in total. The lowest BCUT2D eigenvalue weighted by molar-refractivity contribution is -0.119. The minimum absolute atomic E-state index is 0.183. The van der Waals surface area contributed by atoms with Crippen LogP contribution in [0.1, 0.15) is 15.9 Å². The number of hydrogen-bond donors (Lipinski definition) is 2. The molecule has 0 unspecified atom stereocenters.